The van der Waals surface area contributed by atoms with Gasteiger partial charge in [-0.3, -0.25) is 0 Å². The van der Waals surface area contributed by atoms with Gasteiger partial charge in [0.15, 0.2) is 0 Å². The van der Waals surface area contributed by atoms with Gasteiger partial charge in [-0.1, -0.05) is 29.8 Å². The summed E-state index contributed by atoms with van der Waals surface area (Å²) >= 11 is 9.39. The fraction of sp³-hybridized carbons (Fsp3) is 0.143. The topological polar surface area (TPSA) is 12.0 Å². The maximum absolute atomic E-state index is 5.84. The van der Waals surface area contributed by atoms with Gasteiger partial charge in [-0.25, -0.2) is 0 Å². The highest BCUT2D eigenvalue weighted by Crippen LogP contribution is 2.24. The summed E-state index contributed by atoms with van der Waals surface area (Å²) in [5.74, 6) is 0. The van der Waals surface area contributed by atoms with Crippen LogP contribution in [0.25, 0.3) is 0 Å². The van der Waals surface area contributed by atoms with E-state index < -0.39 is 0 Å². The van der Waals surface area contributed by atoms with E-state index in [0.717, 1.165) is 21.7 Å². The molecule has 0 heterocycles. The Hall–Kier alpha value is -0.990. The van der Waals surface area contributed by atoms with Gasteiger partial charge < -0.3 is 5.32 Å². The van der Waals surface area contributed by atoms with Crippen LogP contribution >= 0.6 is 27.5 Å². The van der Waals surface area contributed by atoms with E-state index in [1.807, 2.05) is 24.3 Å². The molecule has 0 fully saturated rings. The first-order chi connectivity index (χ1) is 8.15. The highest BCUT2D eigenvalue weighted by Gasteiger charge is 1.99. The van der Waals surface area contributed by atoms with Crippen LogP contribution in [0.5, 0.6) is 0 Å². The van der Waals surface area contributed by atoms with Crippen molar-refractivity contribution in [3.8, 4) is 0 Å². The Kier molecular flexibility index (Phi) is 4.08. The number of nitrogens with one attached hydrogen (secondary N) is 1. The summed E-state index contributed by atoms with van der Waals surface area (Å²) in [6.07, 6.45) is 0. The van der Waals surface area contributed by atoms with Gasteiger partial charge in [-0.05, 0) is 58.2 Å². The maximum Gasteiger partial charge on any atom is 0.0487 e. The molecule has 0 bridgehead atoms. The molecule has 88 valence electrons. The molecule has 0 spiro atoms. The molecule has 1 N–H and O–H groups in total. The predicted molar refractivity (Wildman–Crippen MR) is 77.7 cm³/mol. The van der Waals surface area contributed by atoms with Crippen LogP contribution < -0.4 is 5.32 Å². The van der Waals surface area contributed by atoms with Gasteiger partial charge in [0.05, 0.1) is 0 Å². The molecular formula is C14H13BrClN. The molecule has 0 atom stereocenters. The Morgan fingerprint density at radius 1 is 1.12 bits per heavy atom. The molecule has 2 aromatic carbocycles. The molecule has 0 radical (unpaired) electrons. The Balaban J connectivity index is 2.04. The largest absolute Gasteiger partial charge is 0.380 e. The lowest BCUT2D eigenvalue weighted by Gasteiger charge is -2.09. The summed E-state index contributed by atoms with van der Waals surface area (Å²) in [6, 6.07) is 14.1. The predicted octanol–water partition coefficient (Wildman–Crippen LogP) is 5.02. The molecule has 0 unspecified atom stereocenters. The molecular weight excluding hydrogens is 298 g/mol. The van der Waals surface area contributed by atoms with Crippen molar-refractivity contribution in [3.05, 3.63) is 63.1 Å². The van der Waals surface area contributed by atoms with Crippen molar-refractivity contribution >= 4 is 33.2 Å². The second-order valence-corrected chi connectivity index (χ2v) is 5.25. The molecule has 17 heavy (non-hydrogen) atoms. The van der Waals surface area contributed by atoms with Crippen molar-refractivity contribution in [2.75, 3.05) is 5.32 Å². The zero-order valence-electron chi connectivity index (χ0n) is 9.50. The van der Waals surface area contributed by atoms with Crippen molar-refractivity contribution in [2.24, 2.45) is 0 Å². The van der Waals surface area contributed by atoms with Crippen LogP contribution in [0.3, 0.4) is 0 Å². The quantitative estimate of drug-likeness (QED) is 0.839. The zero-order valence-corrected chi connectivity index (χ0v) is 11.8. The van der Waals surface area contributed by atoms with Crippen molar-refractivity contribution in [2.45, 2.75) is 13.5 Å². The monoisotopic (exact) mass is 309 g/mol. The molecule has 0 amide bonds. The minimum Gasteiger partial charge on any atom is -0.380 e. The van der Waals surface area contributed by atoms with Crippen LogP contribution in [-0.4, -0.2) is 0 Å². The van der Waals surface area contributed by atoms with E-state index in [9.17, 15) is 0 Å². The fourth-order valence-electron chi connectivity index (χ4n) is 1.56. The summed E-state index contributed by atoms with van der Waals surface area (Å²) < 4.78 is 1.09. The minimum atomic E-state index is 0.769. The third kappa shape index (κ3) is 3.48. The first kappa shape index (κ1) is 12.5. The number of rotatable bonds is 3. The molecule has 0 aliphatic rings. The average molecular weight is 311 g/mol. The molecule has 2 rings (SSSR count). The summed E-state index contributed by atoms with van der Waals surface area (Å²) in [5, 5.41) is 4.15. The maximum atomic E-state index is 5.84. The van der Waals surface area contributed by atoms with Crippen LogP contribution in [0.1, 0.15) is 11.1 Å². The van der Waals surface area contributed by atoms with E-state index in [1.165, 1.54) is 11.1 Å². The Morgan fingerprint density at radius 2 is 1.82 bits per heavy atom. The van der Waals surface area contributed by atoms with Gasteiger partial charge in [0, 0.05) is 21.7 Å². The zero-order chi connectivity index (χ0) is 12.3. The summed E-state index contributed by atoms with van der Waals surface area (Å²) in [6.45, 7) is 2.87. The highest BCUT2D eigenvalue weighted by atomic mass is 79.9. The molecule has 0 aliphatic heterocycles. The van der Waals surface area contributed by atoms with Gasteiger partial charge in [0.2, 0.25) is 0 Å². The smallest absolute Gasteiger partial charge is 0.0487 e. The minimum absolute atomic E-state index is 0.769. The van der Waals surface area contributed by atoms with Crippen molar-refractivity contribution in [1.29, 1.82) is 0 Å². The highest BCUT2D eigenvalue weighted by molar-refractivity contribution is 9.10. The van der Waals surface area contributed by atoms with Crippen LogP contribution in [-0.2, 0) is 6.54 Å². The third-order valence-electron chi connectivity index (χ3n) is 2.52. The lowest BCUT2D eigenvalue weighted by Crippen LogP contribution is -1.99. The Bertz CT molecular complexity index is 508. The number of halogens is 2. The van der Waals surface area contributed by atoms with Crippen LogP contribution in [0, 0.1) is 6.92 Å². The normalized spacial score (nSPS) is 10.3. The average Bonchev–Trinajstić information content (AvgIpc) is 2.30. The van der Waals surface area contributed by atoms with Gasteiger partial charge in [-0.2, -0.15) is 0 Å². The summed E-state index contributed by atoms with van der Waals surface area (Å²) in [7, 11) is 0. The molecule has 0 saturated heterocycles. The number of benzene rings is 2. The number of aryl methyl sites for hydroxylation is 1. The Labute approximate surface area is 115 Å². The standard InChI is InChI=1S/C14H13BrClN/c1-10-2-7-14(13(15)8-10)17-9-11-3-5-12(16)6-4-11/h2-8,17H,9H2,1H3. The van der Waals surface area contributed by atoms with E-state index in [2.05, 4.69) is 46.4 Å². The SMILES string of the molecule is Cc1ccc(NCc2ccc(Cl)cc2)c(Br)c1. The number of hydrogen-bond acceptors (Lipinski definition) is 1. The van der Waals surface area contributed by atoms with Crippen molar-refractivity contribution in [3.63, 3.8) is 0 Å². The molecule has 1 nitrogen and oxygen atoms in total. The second-order valence-electron chi connectivity index (χ2n) is 3.96. The van der Waals surface area contributed by atoms with Crippen molar-refractivity contribution in [1.82, 2.24) is 0 Å². The van der Waals surface area contributed by atoms with E-state index in [1.54, 1.807) is 0 Å². The molecule has 0 aromatic heterocycles. The number of anilines is 1. The summed E-state index contributed by atoms with van der Waals surface area (Å²) in [4.78, 5) is 0. The number of hydrogen-bond donors (Lipinski definition) is 1. The second kappa shape index (κ2) is 5.56. The lowest BCUT2D eigenvalue weighted by atomic mass is 10.2. The fourth-order valence-corrected chi connectivity index (χ4v) is 2.32. The van der Waals surface area contributed by atoms with Crippen LogP contribution in [0.2, 0.25) is 5.02 Å². The molecule has 2 aromatic rings. The molecule has 0 saturated carbocycles. The first-order valence-corrected chi connectivity index (χ1v) is 6.57. The van der Waals surface area contributed by atoms with Gasteiger partial charge in [-0.15, -0.1) is 0 Å². The first-order valence-electron chi connectivity index (χ1n) is 5.39. The van der Waals surface area contributed by atoms with Gasteiger partial charge in [0.1, 0.15) is 0 Å². The molecule has 3 heteroatoms. The van der Waals surface area contributed by atoms with Gasteiger partial charge >= 0.3 is 0 Å². The third-order valence-corrected chi connectivity index (χ3v) is 3.43. The van der Waals surface area contributed by atoms with Crippen LogP contribution in [0.4, 0.5) is 5.69 Å². The van der Waals surface area contributed by atoms with Crippen LogP contribution in [0.15, 0.2) is 46.9 Å². The lowest BCUT2D eigenvalue weighted by molar-refractivity contribution is 1.14. The molecule has 0 aliphatic carbocycles. The Morgan fingerprint density at radius 3 is 2.47 bits per heavy atom. The van der Waals surface area contributed by atoms with Gasteiger partial charge in [0.25, 0.3) is 0 Å². The van der Waals surface area contributed by atoms with Crippen molar-refractivity contribution < 1.29 is 0 Å². The van der Waals surface area contributed by atoms with E-state index in [0.29, 0.717) is 0 Å². The van der Waals surface area contributed by atoms with E-state index >= 15 is 0 Å². The summed E-state index contributed by atoms with van der Waals surface area (Å²) in [5.41, 5.74) is 3.56. The van der Waals surface area contributed by atoms with E-state index in [-0.39, 0.29) is 0 Å². The van der Waals surface area contributed by atoms with E-state index in [4.69, 9.17) is 11.6 Å².